The molecule has 0 radical (unpaired) electrons. The van der Waals surface area contributed by atoms with E-state index in [1.807, 2.05) is 35.8 Å². The molecule has 4 aromatic carbocycles. The quantitative estimate of drug-likeness (QED) is 0.211. The van der Waals surface area contributed by atoms with Crippen molar-refractivity contribution in [3.8, 4) is 0 Å². The summed E-state index contributed by atoms with van der Waals surface area (Å²) < 4.78 is 31.0. The van der Waals surface area contributed by atoms with Crippen LogP contribution in [-0.4, -0.2) is 36.6 Å². The smallest absolute Gasteiger partial charge is 0.264 e. The second-order valence-electron chi connectivity index (χ2n) is 9.63. The van der Waals surface area contributed by atoms with E-state index in [1.54, 1.807) is 48.5 Å². The Labute approximate surface area is 242 Å². The lowest BCUT2D eigenvalue weighted by atomic mass is 10.1. The largest absolute Gasteiger partial charge is 0.389 e. The molecule has 0 unspecified atom stereocenters. The summed E-state index contributed by atoms with van der Waals surface area (Å²) in [5, 5.41) is 17.0. The number of sulfonamides is 1. The number of hydrogen-bond donors (Lipinski definition) is 2. The first kappa shape index (κ1) is 28.0. The zero-order valence-corrected chi connectivity index (χ0v) is 24.1. The van der Waals surface area contributed by atoms with Crippen molar-refractivity contribution in [1.82, 2.24) is 4.57 Å². The van der Waals surface area contributed by atoms with Crippen LogP contribution in [0.2, 0.25) is 10.0 Å². The molecule has 5 aromatic rings. The first-order valence-corrected chi connectivity index (χ1v) is 14.8. The van der Waals surface area contributed by atoms with Gasteiger partial charge in [-0.3, -0.25) is 9.10 Å². The van der Waals surface area contributed by atoms with Crippen LogP contribution in [-0.2, 0) is 21.4 Å². The van der Waals surface area contributed by atoms with Crippen LogP contribution in [0, 0.1) is 6.92 Å². The van der Waals surface area contributed by atoms with E-state index in [0.717, 1.165) is 31.7 Å². The van der Waals surface area contributed by atoms with Crippen molar-refractivity contribution in [1.29, 1.82) is 0 Å². The summed E-state index contributed by atoms with van der Waals surface area (Å²) in [4.78, 5) is 12.0. The third-order valence-corrected chi connectivity index (χ3v) is 8.92. The molecule has 206 valence electrons. The highest BCUT2D eigenvalue weighted by Gasteiger charge is 2.29. The minimum absolute atomic E-state index is 0.0732. The molecule has 0 saturated heterocycles. The van der Waals surface area contributed by atoms with Crippen LogP contribution >= 0.6 is 23.2 Å². The number of anilines is 2. The number of amides is 1. The fourth-order valence-corrected chi connectivity index (χ4v) is 6.72. The monoisotopic (exact) mass is 595 g/mol. The van der Waals surface area contributed by atoms with Gasteiger partial charge in [-0.25, -0.2) is 8.42 Å². The van der Waals surface area contributed by atoms with Crippen molar-refractivity contribution in [2.45, 2.75) is 31.4 Å². The molecule has 0 aliphatic rings. The molecule has 10 heteroatoms. The highest BCUT2D eigenvalue weighted by molar-refractivity contribution is 7.92. The molecule has 1 amide bonds. The number of rotatable bonds is 8. The third-order valence-electron chi connectivity index (χ3n) is 6.65. The molecule has 1 atom stereocenters. The summed E-state index contributed by atoms with van der Waals surface area (Å²) in [5.74, 6) is -0.344. The SMILES string of the molecule is CC(=O)Nc1ccccc1N(C[C@@H](O)Cn1c2ccc(Cl)cc2c2cc(Cl)ccc21)S(=O)(=O)c1ccc(C)cc1. The van der Waals surface area contributed by atoms with Gasteiger partial charge < -0.3 is 15.0 Å². The molecule has 1 heterocycles. The number of carbonyl (C=O) groups excluding carboxylic acids is 1. The first-order valence-electron chi connectivity index (χ1n) is 12.6. The highest BCUT2D eigenvalue weighted by Crippen LogP contribution is 2.34. The summed E-state index contributed by atoms with van der Waals surface area (Å²) >= 11 is 12.6. The molecule has 0 bridgehead atoms. The predicted molar refractivity (Wildman–Crippen MR) is 162 cm³/mol. The summed E-state index contributed by atoms with van der Waals surface area (Å²) in [7, 11) is -4.12. The van der Waals surface area contributed by atoms with Crippen LogP contribution in [0.25, 0.3) is 21.8 Å². The maximum Gasteiger partial charge on any atom is 0.264 e. The Morgan fingerprint density at radius 1 is 0.925 bits per heavy atom. The fourth-order valence-electron chi connectivity index (χ4n) is 4.85. The summed E-state index contributed by atoms with van der Waals surface area (Å²) in [5.41, 5.74) is 3.13. The molecule has 2 N–H and O–H groups in total. The molecule has 5 rings (SSSR count). The van der Waals surface area contributed by atoms with E-state index in [4.69, 9.17) is 23.2 Å². The average Bonchev–Trinajstić information content (AvgIpc) is 3.19. The van der Waals surface area contributed by atoms with Gasteiger partial charge in [-0.1, -0.05) is 53.0 Å². The molecule has 0 aliphatic heterocycles. The average molecular weight is 597 g/mol. The zero-order chi connectivity index (χ0) is 28.6. The molecule has 7 nitrogen and oxygen atoms in total. The second kappa shape index (κ2) is 11.1. The predicted octanol–water partition coefficient (Wildman–Crippen LogP) is 6.62. The number of nitrogens with zero attached hydrogens (tertiary/aromatic N) is 2. The van der Waals surface area contributed by atoms with E-state index in [9.17, 15) is 18.3 Å². The number of benzene rings is 4. The summed E-state index contributed by atoms with van der Waals surface area (Å²) in [6.07, 6.45) is -1.13. The van der Waals surface area contributed by atoms with Gasteiger partial charge in [-0.2, -0.15) is 0 Å². The molecular formula is C30H27Cl2N3O4S. The van der Waals surface area contributed by atoms with Gasteiger partial charge in [-0.05, 0) is 67.6 Å². The lowest BCUT2D eigenvalue weighted by Gasteiger charge is -2.29. The van der Waals surface area contributed by atoms with Gasteiger partial charge in [0.25, 0.3) is 10.0 Å². The number of carbonyl (C=O) groups is 1. The van der Waals surface area contributed by atoms with Gasteiger partial charge in [-0.15, -0.1) is 0 Å². The molecular weight excluding hydrogens is 569 g/mol. The van der Waals surface area contributed by atoms with E-state index < -0.39 is 16.1 Å². The maximum atomic E-state index is 14.0. The van der Waals surface area contributed by atoms with E-state index in [-0.39, 0.29) is 29.6 Å². The maximum absolute atomic E-state index is 14.0. The van der Waals surface area contributed by atoms with E-state index in [0.29, 0.717) is 15.7 Å². The van der Waals surface area contributed by atoms with Gasteiger partial charge >= 0.3 is 0 Å². The van der Waals surface area contributed by atoms with Gasteiger partial charge in [0.05, 0.1) is 35.5 Å². The lowest BCUT2D eigenvalue weighted by Crippen LogP contribution is -2.39. The Bertz CT molecular complexity index is 1780. The number of aliphatic hydroxyl groups excluding tert-OH is 1. The van der Waals surface area contributed by atoms with Gasteiger partial charge in [0.2, 0.25) is 5.91 Å². The number of aryl methyl sites for hydroxylation is 1. The van der Waals surface area contributed by atoms with Crippen LogP contribution < -0.4 is 9.62 Å². The second-order valence-corrected chi connectivity index (χ2v) is 12.4. The number of nitrogens with one attached hydrogen (secondary N) is 1. The molecule has 0 spiro atoms. The summed E-state index contributed by atoms with van der Waals surface area (Å²) in [6, 6.07) is 24.1. The van der Waals surface area contributed by atoms with Gasteiger partial charge in [0.15, 0.2) is 0 Å². The number of para-hydroxylation sites is 2. The Hall–Kier alpha value is -3.56. The molecule has 0 fully saturated rings. The molecule has 0 saturated carbocycles. The van der Waals surface area contributed by atoms with Crippen molar-refractivity contribution < 1.29 is 18.3 Å². The normalized spacial score (nSPS) is 12.5. The molecule has 1 aromatic heterocycles. The van der Waals surface area contributed by atoms with Crippen molar-refractivity contribution >= 4 is 72.3 Å². The first-order chi connectivity index (χ1) is 19.0. The van der Waals surface area contributed by atoms with Gasteiger partial charge in [0, 0.05) is 38.8 Å². The Morgan fingerprint density at radius 2 is 1.50 bits per heavy atom. The topological polar surface area (TPSA) is 91.6 Å². The number of hydrogen-bond acceptors (Lipinski definition) is 4. The van der Waals surface area contributed by atoms with E-state index in [2.05, 4.69) is 5.32 Å². The van der Waals surface area contributed by atoms with Gasteiger partial charge in [0.1, 0.15) is 0 Å². The number of aliphatic hydroxyl groups is 1. The fraction of sp³-hybridized carbons (Fsp3) is 0.167. The Kier molecular flexibility index (Phi) is 7.79. The standard InChI is InChI=1S/C30H27Cl2N3O4S/c1-19-7-11-24(12-8-19)40(38,39)35(30-6-4-3-5-27(30)33-20(2)36)18-23(37)17-34-28-13-9-21(31)15-25(28)26-16-22(32)10-14-29(26)34/h3-16,23,37H,17-18H2,1-2H3,(H,33,36)/t23-/m0/s1. The minimum atomic E-state index is -4.12. The molecule has 0 aliphatic carbocycles. The van der Waals surface area contributed by atoms with Crippen molar-refractivity contribution in [3.05, 3.63) is 101 Å². The summed E-state index contributed by atoms with van der Waals surface area (Å²) in [6.45, 7) is 3.04. The lowest BCUT2D eigenvalue weighted by molar-refractivity contribution is -0.114. The van der Waals surface area contributed by atoms with E-state index >= 15 is 0 Å². The zero-order valence-electron chi connectivity index (χ0n) is 21.8. The highest BCUT2D eigenvalue weighted by atomic mass is 35.5. The van der Waals surface area contributed by atoms with Crippen LogP contribution in [0.1, 0.15) is 12.5 Å². The Balaban J connectivity index is 1.58. The van der Waals surface area contributed by atoms with E-state index in [1.165, 1.54) is 19.1 Å². The van der Waals surface area contributed by atoms with Crippen LogP contribution in [0.5, 0.6) is 0 Å². The van der Waals surface area contributed by atoms with Crippen molar-refractivity contribution in [2.75, 3.05) is 16.2 Å². The number of fused-ring (bicyclic) bond motifs is 3. The Morgan fingerprint density at radius 3 is 2.08 bits per heavy atom. The van der Waals surface area contributed by atoms with Crippen LogP contribution in [0.15, 0.2) is 89.8 Å². The number of aromatic nitrogens is 1. The van der Waals surface area contributed by atoms with Crippen LogP contribution in [0.4, 0.5) is 11.4 Å². The third kappa shape index (κ3) is 5.53. The molecule has 40 heavy (non-hydrogen) atoms. The minimum Gasteiger partial charge on any atom is -0.389 e. The van der Waals surface area contributed by atoms with Crippen molar-refractivity contribution in [3.63, 3.8) is 0 Å². The van der Waals surface area contributed by atoms with Crippen LogP contribution in [0.3, 0.4) is 0 Å². The van der Waals surface area contributed by atoms with Crippen molar-refractivity contribution in [2.24, 2.45) is 0 Å². The number of halogens is 2.